The van der Waals surface area contributed by atoms with E-state index < -0.39 is 0 Å². The van der Waals surface area contributed by atoms with Gasteiger partial charge in [-0.2, -0.15) is 0 Å². The summed E-state index contributed by atoms with van der Waals surface area (Å²) in [5.74, 6) is 0.707. The monoisotopic (exact) mass is 239 g/mol. The minimum Gasteiger partial charge on any atom is -0.381 e. The Bertz CT molecular complexity index is 241. The molecule has 2 aliphatic heterocycles. The average Bonchev–Trinajstić information content (AvgIpc) is 2.36. The molecule has 3 nitrogen and oxygen atoms in total. The second kappa shape index (κ2) is 6.53. The van der Waals surface area contributed by atoms with Gasteiger partial charge < -0.3 is 14.8 Å². The van der Waals surface area contributed by atoms with Crippen molar-refractivity contribution in [3.63, 3.8) is 0 Å². The maximum absolute atomic E-state index is 6.04. The minimum absolute atomic E-state index is 0.133. The van der Waals surface area contributed by atoms with Crippen LogP contribution in [0.15, 0.2) is 12.2 Å². The Morgan fingerprint density at radius 3 is 2.88 bits per heavy atom. The second-order valence-corrected chi connectivity index (χ2v) is 5.22. The summed E-state index contributed by atoms with van der Waals surface area (Å²) in [7, 11) is 2.00. The van der Waals surface area contributed by atoms with Crippen LogP contribution in [0.4, 0.5) is 0 Å². The molecule has 3 heteroatoms. The minimum atomic E-state index is 0.133. The van der Waals surface area contributed by atoms with E-state index in [1.54, 1.807) is 0 Å². The predicted octanol–water partition coefficient (Wildman–Crippen LogP) is 2.13. The first kappa shape index (κ1) is 13.1. The van der Waals surface area contributed by atoms with Crippen molar-refractivity contribution in [2.45, 2.75) is 37.7 Å². The van der Waals surface area contributed by atoms with Crippen LogP contribution in [0.3, 0.4) is 0 Å². The van der Waals surface area contributed by atoms with Crippen molar-refractivity contribution in [1.82, 2.24) is 5.32 Å². The maximum atomic E-state index is 6.04. The molecule has 0 aromatic heterocycles. The number of hydrogen-bond donors (Lipinski definition) is 1. The van der Waals surface area contributed by atoms with Crippen LogP contribution in [0.25, 0.3) is 0 Å². The lowest BCUT2D eigenvalue weighted by Gasteiger charge is -2.42. The van der Waals surface area contributed by atoms with Crippen LogP contribution < -0.4 is 5.32 Å². The third kappa shape index (κ3) is 3.80. The van der Waals surface area contributed by atoms with Crippen LogP contribution in [-0.4, -0.2) is 39.0 Å². The lowest BCUT2D eigenvalue weighted by molar-refractivity contribution is -0.141. The third-order valence-corrected chi connectivity index (χ3v) is 3.90. The highest BCUT2D eigenvalue weighted by Crippen LogP contribution is 2.37. The largest absolute Gasteiger partial charge is 0.381 e. The summed E-state index contributed by atoms with van der Waals surface area (Å²) in [5.41, 5.74) is 0.133. The van der Waals surface area contributed by atoms with Gasteiger partial charge in [0.15, 0.2) is 0 Å². The van der Waals surface area contributed by atoms with Crippen LogP contribution in [0, 0.1) is 5.92 Å². The summed E-state index contributed by atoms with van der Waals surface area (Å²) in [4.78, 5) is 0. The van der Waals surface area contributed by atoms with Gasteiger partial charge in [-0.25, -0.2) is 0 Å². The summed E-state index contributed by atoms with van der Waals surface area (Å²) in [6.07, 6.45) is 10.4. The topological polar surface area (TPSA) is 30.5 Å². The van der Waals surface area contributed by atoms with Crippen molar-refractivity contribution < 1.29 is 9.47 Å². The molecule has 2 heterocycles. The molecule has 0 aliphatic carbocycles. The Morgan fingerprint density at radius 2 is 2.12 bits per heavy atom. The summed E-state index contributed by atoms with van der Waals surface area (Å²) >= 11 is 0. The SMILES string of the molecule is CNCCC=CC1CCOC2(CCOCC2)C1. The van der Waals surface area contributed by atoms with E-state index in [0.29, 0.717) is 5.92 Å². The van der Waals surface area contributed by atoms with Gasteiger partial charge in [0.1, 0.15) is 0 Å². The van der Waals surface area contributed by atoms with Gasteiger partial charge in [-0.15, -0.1) is 0 Å². The van der Waals surface area contributed by atoms with E-state index >= 15 is 0 Å². The van der Waals surface area contributed by atoms with Crippen LogP contribution in [-0.2, 0) is 9.47 Å². The quantitative estimate of drug-likeness (QED) is 0.602. The predicted molar refractivity (Wildman–Crippen MR) is 69.1 cm³/mol. The molecule has 0 aromatic rings. The van der Waals surface area contributed by atoms with Crippen molar-refractivity contribution in [1.29, 1.82) is 0 Å². The van der Waals surface area contributed by atoms with E-state index in [0.717, 1.165) is 45.6 Å². The molecule has 0 bridgehead atoms. The zero-order valence-electron chi connectivity index (χ0n) is 10.9. The van der Waals surface area contributed by atoms with Gasteiger partial charge in [0, 0.05) is 19.8 Å². The zero-order valence-corrected chi connectivity index (χ0v) is 10.9. The molecule has 1 atom stereocenters. The molecule has 1 spiro atoms. The molecule has 98 valence electrons. The smallest absolute Gasteiger partial charge is 0.0732 e. The zero-order chi connectivity index (χ0) is 12.0. The first-order valence-electron chi connectivity index (χ1n) is 6.88. The Kier molecular flexibility index (Phi) is 5.01. The molecule has 2 fully saturated rings. The number of ether oxygens (including phenoxy) is 2. The van der Waals surface area contributed by atoms with E-state index in [9.17, 15) is 0 Å². The standard InChI is InChI=1S/C14H25NO2/c1-15-8-3-2-4-13-5-9-17-14(12-13)6-10-16-11-7-14/h2,4,13,15H,3,5-12H2,1H3. The van der Waals surface area contributed by atoms with Crippen LogP contribution in [0.2, 0.25) is 0 Å². The Morgan fingerprint density at radius 1 is 1.29 bits per heavy atom. The van der Waals surface area contributed by atoms with Crippen molar-refractivity contribution in [2.24, 2.45) is 5.92 Å². The normalized spacial score (nSPS) is 28.9. The third-order valence-electron chi connectivity index (χ3n) is 3.90. The number of allylic oxidation sites excluding steroid dienone is 1. The molecular weight excluding hydrogens is 214 g/mol. The van der Waals surface area contributed by atoms with Gasteiger partial charge in [0.05, 0.1) is 5.60 Å². The summed E-state index contributed by atoms with van der Waals surface area (Å²) in [5, 5.41) is 3.17. The molecular formula is C14H25NO2. The molecule has 1 N–H and O–H groups in total. The summed E-state index contributed by atoms with van der Waals surface area (Å²) in [6.45, 7) is 3.73. The van der Waals surface area contributed by atoms with Gasteiger partial charge in [0.25, 0.3) is 0 Å². The van der Waals surface area contributed by atoms with Gasteiger partial charge >= 0.3 is 0 Å². The average molecular weight is 239 g/mol. The molecule has 1 unspecified atom stereocenters. The maximum Gasteiger partial charge on any atom is 0.0732 e. The highest BCUT2D eigenvalue weighted by molar-refractivity contribution is 4.97. The molecule has 0 radical (unpaired) electrons. The van der Waals surface area contributed by atoms with E-state index in [2.05, 4.69) is 17.5 Å². The Hall–Kier alpha value is -0.380. The number of rotatable bonds is 4. The summed E-state index contributed by atoms with van der Waals surface area (Å²) in [6, 6.07) is 0. The first-order chi connectivity index (χ1) is 8.35. The highest BCUT2D eigenvalue weighted by Gasteiger charge is 2.38. The Labute approximate surface area is 105 Å². The fourth-order valence-corrected chi connectivity index (χ4v) is 2.84. The molecule has 2 rings (SSSR count). The van der Waals surface area contributed by atoms with E-state index in [4.69, 9.17) is 9.47 Å². The molecule has 0 amide bonds. The van der Waals surface area contributed by atoms with Gasteiger partial charge in [-0.1, -0.05) is 12.2 Å². The second-order valence-electron chi connectivity index (χ2n) is 5.22. The molecule has 2 aliphatic rings. The molecule has 17 heavy (non-hydrogen) atoms. The molecule has 2 saturated heterocycles. The van der Waals surface area contributed by atoms with Crippen LogP contribution in [0.1, 0.15) is 32.1 Å². The van der Waals surface area contributed by atoms with Gasteiger partial charge in [0.2, 0.25) is 0 Å². The van der Waals surface area contributed by atoms with Crippen molar-refractivity contribution in [3.8, 4) is 0 Å². The van der Waals surface area contributed by atoms with Gasteiger partial charge in [-0.05, 0) is 51.6 Å². The molecule has 0 saturated carbocycles. The van der Waals surface area contributed by atoms with Crippen molar-refractivity contribution >= 4 is 0 Å². The first-order valence-corrected chi connectivity index (χ1v) is 6.88. The van der Waals surface area contributed by atoms with Crippen molar-refractivity contribution in [3.05, 3.63) is 12.2 Å². The van der Waals surface area contributed by atoms with E-state index in [1.165, 1.54) is 12.8 Å². The van der Waals surface area contributed by atoms with E-state index in [-0.39, 0.29) is 5.60 Å². The lowest BCUT2D eigenvalue weighted by Crippen LogP contribution is -2.44. The molecule has 0 aromatic carbocycles. The van der Waals surface area contributed by atoms with E-state index in [1.807, 2.05) is 7.05 Å². The lowest BCUT2D eigenvalue weighted by atomic mass is 9.80. The van der Waals surface area contributed by atoms with Crippen LogP contribution in [0.5, 0.6) is 0 Å². The van der Waals surface area contributed by atoms with Crippen LogP contribution >= 0.6 is 0 Å². The number of hydrogen-bond acceptors (Lipinski definition) is 3. The Balaban J connectivity index is 1.81. The fraction of sp³-hybridized carbons (Fsp3) is 0.857. The fourth-order valence-electron chi connectivity index (χ4n) is 2.84. The van der Waals surface area contributed by atoms with Gasteiger partial charge in [-0.3, -0.25) is 0 Å². The summed E-state index contributed by atoms with van der Waals surface area (Å²) < 4.78 is 11.5. The highest BCUT2D eigenvalue weighted by atomic mass is 16.5. The van der Waals surface area contributed by atoms with Crippen molar-refractivity contribution in [2.75, 3.05) is 33.4 Å². The number of nitrogens with one attached hydrogen (secondary N) is 1.